The number of hydrogen-bond acceptors (Lipinski definition) is 5. The van der Waals surface area contributed by atoms with Crippen LogP contribution in [-0.2, 0) is 25.1 Å². The fourth-order valence-electron chi connectivity index (χ4n) is 0.577. The fraction of sp³-hybridized carbons (Fsp3) is 0.857. The highest BCUT2D eigenvalue weighted by Gasteiger charge is 2.22. The highest BCUT2D eigenvalue weighted by Crippen LogP contribution is 2.07. The van der Waals surface area contributed by atoms with Gasteiger partial charge in [-0.05, 0) is 20.8 Å². The summed E-state index contributed by atoms with van der Waals surface area (Å²) in [5.74, 6) is -0.664. The summed E-state index contributed by atoms with van der Waals surface area (Å²) in [6.45, 7) is 4.74. The van der Waals surface area contributed by atoms with E-state index in [9.17, 15) is 9.00 Å². The second-order valence-corrected chi connectivity index (χ2v) is 4.31. The molecule has 0 fully saturated rings. The molecule has 0 aliphatic heterocycles. The molecular weight excluding hydrogens is 210 g/mol. The Labute approximate surface area is 85.2 Å². The van der Waals surface area contributed by atoms with Gasteiger partial charge in [0.15, 0.2) is 0 Å². The van der Waals surface area contributed by atoms with Crippen molar-refractivity contribution in [3.63, 3.8) is 0 Å². The lowest BCUT2D eigenvalue weighted by molar-refractivity contribution is -0.157. The van der Waals surface area contributed by atoms with E-state index in [4.69, 9.17) is 15.0 Å². The molecule has 2 unspecified atom stereocenters. The van der Waals surface area contributed by atoms with Gasteiger partial charge in [0, 0.05) is 0 Å². The van der Waals surface area contributed by atoms with Gasteiger partial charge in [-0.2, -0.15) is 4.21 Å². The molecule has 14 heavy (non-hydrogen) atoms. The first-order chi connectivity index (χ1) is 6.22. The van der Waals surface area contributed by atoms with E-state index in [0.29, 0.717) is 0 Å². The molecule has 3 N–H and O–H groups in total. The van der Waals surface area contributed by atoms with Crippen LogP contribution in [0.2, 0.25) is 0 Å². The van der Waals surface area contributed by atoms with Crippen LogP contribution in [0, 0.1) is 0 Å². The number of rotatable bonds is 4. The summed E-state index contributed by atoms with van der Waals surface area (Å²) in [5.41, 5.74) is 4.70. The van der Waals surface area contributed by atoms with Gasteiger partial charge in [0.2, 0.25) is 0 Å². The number of carbonyl (C=O) groups is 1. The van der Waals surface area contributed by atoms with Gasteiger partial charge in [-0.25, -0.2) is 0 Å². The van der Waals surface area contributed by atoms with Crippen molar-refractivity contribution in [3.8, 4) is 0 Å². The smallest absolute Gasteiger partial charge is 0.325 e. The molecule has 0 aliphatic carbocycles. The maximum Gasteiger partial charge on any atom is 0.325 e. The average molecular weight is 225 g/mol. The molecule has 0 saturated carbocycles. The fourth-order valence-corrected chi connectivity index (χ4v) is 0.840. The number of carbonyl (C=O) groups excluding carboxylic acids is 1. The van der Waals surface area contributed by atoms with Gasteiger partial charge in [0.1, 0.15) is 11.6 Å². The lowest BCUT2D eigenvalue weighted by Gasteiger charge is -2.21. The van der Waals surface area contributed by atoms with E-state index in [1.807, 2.05) is 0 Å². The van der Waals surface area contributed by atoms with Gasteiger partial charge in [-0.15, -0.1) is 0 Å². The van der Waals surface area contributed by atoms with E-state index in [1.54, 1.807) is 20.8 Å². The molecule has 6 nitrogen and oxygen atoms in total. The molecule has 0 spiro atoms. The first-order valence-corrected chi connectivity index (χ1v) is 4.98. The van der Waals surface area contributed by atoms with Crippen molar-refractivity contribution in [2.75, 3.05) is 6.61 Å². The second-order valence-electron chi connectivity index (χ2n) is 3.64. The van der Waals surface area contributed by atoms with E-state index in [1.165, 1.54) is 0 Å². The van der Waals surface area contributed by atoms with Crippen molar-refractivity contribution in [3.05, 3.63) is 0 Å². The summed E-state index contributed by atoms with van der Waals surface area (Å²) < 4.78 is 27.5. The SMILES string of the molecule is CC(C)(C)OC(=O)C(N)COS(=O)O. The number of ether oxygens (including phenoxy) is 1. The van der Waals surface area contributed by atoms with Crippen molar-refractivity contribution < 1.29 is 22.5 Å². The average Bonchev–Trinajstić information content (AvgIpc) is 1.96. The summed E-state index contributed by atoms with van der Waals surface area (Å²) in [4.78, 5) is 11.2. The molecule has 0 aliphatic rings. The number of hydrogen-bond donors (Lipinski definition) is 2. The molecule has 0 aromatic rings. The van der Waals surface area contributed by atoms with Crippen LogP contribution in [-0.4, -0.2) is 33.0 Å². The second kappa shape index (κ2) is 5.40. The standard InChI is InChI=1S/C7H15NO5S/c1-7(2,3)13-6(9)5(8)4-12-14(10)11/h5H,4,8H2,1-3H3,(H,10,11). The van der Waals surface area contributed by atoms with E-state index in [2.05, 4.69) is 4.18 Å². The van der Waals surface area contributed by atoms with Crippen LogP contribution in [0.3, 0.4) is 0 Å². The summed E-state index contributed by atoms with van der Waals surface area (Å²) in [5, 5.41) is 0. The Bertz CT molecular complexity index is 225. The van der Waals surface area contributed by atoms with E-state index >= 15 is 0 Å². The monoisotopic (exact) mass is 225 g/mol. The molecular formula is C7H15NO5S. The van der Waals surface area contributed by atoms with Crippen molar-refractivity contribution >= 4 is 17.3 Å². The lowest BCUT2D eigenvalue weighted by Crippen LogP contribution is -2.40. The van der Waals surface area contributed by atoms with Crippen molar-refractivity contribution in [2.24, 2.45) is 5.73 Å². The Balaban J connectivity index is 3.94. The van der Waals surface area contributed by atoms with Crippen molar-refractivity contribution in [2.45, 2.75) is 32.4 Å². The largest absolute Gasteiger partial charge is 0.459 e. The number of esters is 1. The van der Waals surface area contributed by atoms with Crippen LogP contribution in [0.15, 0.2) is 0 Å². The van der Waals surface area contributed by atoms with Gasteiger partial charge in [0.25, 0.3) is 0 Å². The quantitative estimate of drug-likeness (QED) is 0.508. The van der Waals surface area contributed by atoms with Crippen molar-refractivity contribution in [1.29, 1.82) is 0 Å². The maximum atomic E-state index is 11.2. The number of nitrogens with two attached hydrogens (primary N) is 1. The molecule has 0 rings (SSSR count). The first-order valence-electron chi connectivity index (χ1n) is 3.95. The van der Waals surface area contributed by atoms with Crippen LogP contribution in [0.1, 0.15) is 20.8 Å². The molecule has 0 bridgehead atoms. The molecule has 7 heteroatoms. The third kappa shape index (κ3) is 6.96. The third-order valence-electron chi connectivity index (χ3n) is 1.06. The highest BCUT2D eigenvalue weighted by atomic mass is 32.2. The van der Waals surface area contributed by atoms with Crippen LogP contribution in [0.25, 0.3) is 0 Å². The minimum absolute atomic E-state index is 0.349. The minimum atomic E-state index is -2.41. The first kappa shape index (κ1) is 13.5. The summed E-state index contributed by atoms with van der Waals surface area (Å²) >= 11 is -2.41. The Morgan fingerprint density at radius 2 is 2.07 bits per heavy atom. The predicted molar refractivity (Wildman–Crippen MR) is 50.5 cm³/mol. The summed E-state index contributed by atoms with van der Waals surface area (Å²) in [7, 11) is 0. The lowest BCUT2D eigenvalue weighted by atomic mass is 10.2. The molecule has 0 radical (unpaired) electrons. The predicted octanol–water partition coefficient (Wildman–Crippen LogP) is -0.191. The van der Waals surface area contributed by atoms with Crippen LogP contribution in [0.4, 0.5) is 0 Å². The molecule has 0 aromatic heterocycles. The summed E-state index contributed by atoms with van der Waals surface area (Å²) in [6, 6.07) is -1.05. The van der Waals surface area contributed by atoms with Crippen LogP contribution >= 0.6 is 0 Å². The van der Waals surface area contributed by atoms with Crippen molar-refractivity contribution in [1.82, 2.24) is 0 Å². The molecule has 0 saturated heterocycles. The minimum Gasteiger partial charge on any atom is -0.459 e. The molecule has 0 aromatic carbocycles. The Morgan fingerprint density at radius 3 is 2.43 bits per heavy atom. The van der Waals surface area contributed by atoms with Gasteiger partial charge in [0.05, 0.1) is 6.61 Å². The zero-order chi connectivity index (χ0) is 11.4. The molecule has 2 atom stereocenters. The third-order valence-corrected chi connectivity index (χ3v) is 1.40. The van der Waals surface area contributed by atoms with Crippen LogP contribution in [0.5, 0.6) is 0 Å². The Hall–Kier alpha value is -0.500. The Morgan fingerprint density at radius 1 is 1.57 bits per heavy atom. The molecule has 0 heterocycles. The van der Waals surface area contributed by atoms with Crippen LogP contribution < -0.4 is 5.73 Å². The normalized spacial score (nSPS) is 16.1. The zero-order valence-electron chi connectivity index (χ0n) is 8.35. The van der Waals surface area contributed by atoms with Gasteiger partial charge in [-0.3, -0.25) is 13.5 Å². The highest BCUT2D eigenvalue weighted by molar-refractivity contribution is 7.74. The van der Waals surface area contributed by atoms with E-state index in [0.717, 1.165) is 0 Å². The van der Waals surface area contributed by atoms with Gasteiger partial charge < -0.3 is 10.5 Å². The molecule has 84 valence electrons. The van der Waals surface area contributed by atoms with Gasteiger partial charge >= 0.3 is 17.3 Å². The Kier molecular flexibility index (Phi) is 5.21. The molecule has 0 amide bonds. The van der Waals surface area contributed by atoms with Gasteiger partial charge in [-0.1, -0.05) is 0 Å². The maximum absolute atomic E-state index is 11.2. The topological polar surface area (TPSA) is 98.9 Å². The van der Waals surface area contributed by atoms with E-state index in [-0.39, 0.29) is 6.61 Å². The van der Waals surface area contributed by atoms with E-state index < -0.39 is 29.0 Å². The summed E-state index contributed by atoms with van der Waals surface area (Å²) in [6.07, 6.45) is 0. The zero-order valence-corrected chi connectivity index (χ0v) is 9.17.